The van der Waals surface area contributed by atoms with Gasteiger partial charge >= 0.3 is 6.01 Å². The Balaban J connectivity index is 2.12. The van der Waals surface area contributed by atoms with Crippen LogP contribution in [-0.2, 0) is 6.42 Å². The maximum Gasteiger partial charge on any atom is 0.321 e. The molecule has 0 aliphatic rings. The lowest BCUT2D eigenvalue weighted by atomic mass is 10.1. The van der Waals surface area contributed by atoms with Gasteiger partial charge in [0.2, 0.25) is 0 Å². The zero-order chi connectivity index (χ0) is 15.4. The van der Waals surface area contributed by atoms with Crippen LogP contribution >= 0.6 is 34.8 Å². The Morgan fingerprint density at radius 2 is 1.71 bits per heavy atom. The molecule has 0 saturated carbocycles. The Kier molecular flexibility index (Phi) is 5.65. The molecular formula is C14H14Cl3N3O. The molecule has 2 rings (SSSR count). The fourth-order valence-corrected chi connectivity index (χ4v) is 2.20. The number of halogens is 3. The van der Waals surface area contributed by atoms with Crippen molar-refractivity contribution in [3.8, 4) is 11.8 Å². The average molecular weight is 347 g/mol. The minimum atomic E-state index is 0.102. The number of hydrogen-bond donors (Lipinski definition) is 1. The van der Waals surface area contributed by atoms with E-state index >= 15 is 0 Å². The molecule has 7 heteroatoms. The van der Waals surface area contributed by atoms with E-state index in [-0.39, 0.29) is 12.1 Å². The van der Waals surface area contributed by atoms with E-state index in [1.807, 2.05) is 6.92 Å². The molecule has 1 atom stereocenters. The molecule has 0 amide bonds. The van der Waals surface area contributed by atoms with Crippen molar-refractivity contribution in [1.29, 1.82) is 0 Å². The molecule has 0 aliphatic heterocycles. The van der Waals surface area contributed by atoms with Gasteiger partial charge in [0, 0.05) is 24.5 Å². The van der Waals surface area contributed by atoms with Crippen LogP contribution in [0.5, 0.6) is 11.8 Å². The summed E-state index contributed by atoms with van der Waals surface area (Å²) >= 11 is 17.8. The van der Waals surface area contributed by atoms with Crippen LogP contribution in [0.25, 0.3) is 0 Å². The third-order valence-electron chi connectivity index (χ3n) is 2.88. The summed E-state index contributed by atoms with van der Waals surface area (Å²) in [6, 6.07) is 3.32. The summed E-state index contributed by atoms with van der Waals surface area (Å²) in [5, 5.41) is 1.05. The summed E-state index contributed by atoms with van der Waals surface area (Å²) in [6.45, 7) is 2.04. The molecule has 0 bridgehead atoms. The zero-order valence-electron chi connectivity index (χ0n) is 11.3. The molecule has 1 unspecified atom stereocenters. The van der Waals surface area contributed by atoms with E-state index in [0.717, 1.165) is 18.4 Å². The predicted octanol–water partition coefficient (Wildman–Crippen LogP) is 4.51. The Morgan fingerprint density at radius 3 is 2.33 bits per heavy atom. The van der Waals surface area contributed by atoms with Gasteiger partial charge in [-0.2, -0.15) is 0 Å². The SMILES string of the molecule is CCC(N)Cc1cnc(Oc2cc(Cl)c(Cl)cc2Cl)nc1. The summed E-state index contributed by atoms with van der Waals surface area (Å²) in [7, 11) is 0. The van der Waals surface area contributed by atoms with Crippen molar-refractivity contribution in [3.05, 3.63) is 45.2 Å². The third kappa shape index (κ3) is 4.45. The number of ether oxygens (including phenoxy) is 1. The molecule has 2 aromatic rings. The highest BCUT2D eigenvalue weighted by atomic mass is 35.5. The minimum absolute atomic E-state index is 0.102. The zero-order valence-corrected chi connectivity index (χ0v) is 13.6. The summed E-state index contributed by atoms with van der Waals surface area (Å²) in [4.78, 5) is 8.26. The van der Waals surface area contributed by atoms with Gasteiger partial charge in [0.05, 0.1) is 15.1 Å². The van der Waals surface area contributed by atoms with E-state index in [1.165, 1.54) is 12.1 Å². The molecule has 21 heavy (non-hydrogen) atoms. The Labute approximate surface area is 138 Å². The van der Waals surface area contributed by atoms with Crippen molar-refractivity contribution >= 4 is 34.8 Å². The summed E-state index contributed by atoms with van der Waals surface area (Å²) in [5.41, 5.74) is 6.84. The van der Waals surface area contributed by atoms with Gasteiger partial charge < -0.3 is 10.5 Å². The minimum Gasteiger partial charge on any atom is -0.423 e. The molecule has 0 spiro atoms. The van der Waals surface area contributed by atoms with Crippen molar-refractivity contribution in [2.24, 2.45) is 5.73 Å². The molecule has 0 saturated heterocycles. The number of aromatic nitrogens is 2. The van der Waals surface area contributed by atoms with Crippen molar-refractivity contribution < 1.29 is 4.74 Å². The van der Waals surface area contributed by atoms with Crippen LogP contribution in [0.4, 0.5) is 0 Å². The summed E-state index contributed by atoms with van der Waals surface area (Å²) in [6.07, 6.45) is 4.99. The molecule has 112 valence electrons. The molecule has 1 aromatic heterocycles. The number of nitrogens with two attached hydrogens (primary N) is 1. The smallest absolute Gasteiger partial charge is 0.321 e. The van der Waals surface area contributed by atoms with Gasteiger partial charge in [-0.1, -0.05) is 41.7 Å². The van der Waals surface area contributed by atoms with E-state index in [0.29, 0.717) is 20.8 Å². The standard InChI is InChI=1S/C14H14Cl3N3O/c1-2-9(18)3-8-6-19-14(20-7-8)21-13-5-11(16)10(15)4-12(13)17/h4-7,9H,2-3,18H2,1H3. The van der Waals surface area contributed by atoms with Gasteiger partial charge in [-0.25, -0.2) is 9.97 Å². The summed E-state index contributed by atoms with van der Waals surface area (Å²) in [5.74, 6) is 0.351. The lowest BCUT2D eigenvalue weighted by molar-refractivity contribution is 0.441. The first-order valence-electron chi connectivity index (χ1n) is 6.38. The lowest BCUT2D eigenvalue weighted by Crippen LogP contribution is -2.21. The predicted molar refractivity (Wildman–Crippen MR) is 85.5 cm³/mol. The van der Waals surface area contributed by atoms with E-state index in [9.17, 15) is 0 Å². The Bertz CT molecular complexity index is 620. The first-order valence-corrected chi connectivity index (χ1v) is 7.52. The number of benzene rings is 1. The molecule has 2 N–H and O–H groups in total. The molecule has 0 radical (unpaired) electrons. The number of hydrogen-bond acceptors (Lipinski definition) is 4. The maximum atomic E-state index is 6.03. The van der Waals surface area contributed by atoms with E-state index < -0.39 is 0 Å². The van der Waals surface area contributed by atoms with Crippen LogP contribution in [0, 0.1) is 0 Å². The van der Waals surface area contributed by atoms with Crippen molar-refractivity contribution in [3.63, 3.8) is 0 Å². The lowest BCUT2D eigenvalue weighted by Gasteiger charge is -2.09. The topological polar surface area (TPSA) is 61.0 Å². The third-order valence-corrected chi connectivity index (χ3v) is 3.90. The summed E-state index contributed by atoms with van der Waals surface area (Å²) < 4.78 is 5.50. The molecular weight excluding hydrogens is 333 g/mol. The van der Waals surface area contributed by atoms with Crippen LogP contribution in [0.3, 0.4) is 0 Å². The van der Waals surface area contributed by atoms with E-state index in [4.69, 9.17) is 45.3 Å². The quantitative estimate of drug-likeness (QED) is 0.809. The maximum absolute atomic E-state index is 6.03. The van der Waals surface area contributed by atoms with Crippen LogP contribution in [0.1, 0.15) is 18.9 Å². The fraction of sp³-hybridized carbons (Fsp3) is 0.286. The highest BCUT2D eigenvalue weighted by molar-refractivity contribution is 6.43. The van der Waals surface area contributed by atoms with Gasteiger partial charge in [0.25, 0.3) is 0 Å². The fourth-order valence-electron chi connectivity index (χ4n) is 1.63. The van der Waals surface area contributed by atoms with Crippen molar-refractivity contribution in [1.82, 2.24) is 9.97 Å². The second kappa shape index (κ2) is 7.27. The largest absolute Gasteiger partial charge is 0.423 e. The molecule has 1 heterocycles. The second-order valence-electron chi connectivity index (χ2n) is 4.55. The molecule has 0 fully saturated rings. The first kappa shape index (κ1) is 16.3. The first-order chi connectivity index (χ1) is 9.99. The highest BCUT2D eigenvalue weighted by Gasteiger charge is 2.10. The Morgan fingerprint density at radius 1 is 1.10 bits per heavy atom. The van der Waals surface area contributed by atoms with Gasteiger partial charge in [-0.05, 0) is 24.5 Å². The number of nitrogens with zero attached hydrogens (tertiary/aromatic N) is 2. The average Bonchev–Trinajstić information content (AvgIpc) is 2.46. The van der Waals surface area contributed by atoms with Crippen molar-refractivity contribution in [2.45, 2.75) is 25.8 Å². The van der Waals surface area contributed by atoms with E-state index in [2.05, 4.69) is 9.97 Å². The van der Waals surface area contributed by atoms with Gasteiger partial charge in [0.1, 0.15) is 0 Å². The normalized spacial score (nSPS) is 12.2. The molecule has 4 nitrogen and oxygen atoms in total. The second-order valence-corrected chi connectivity index (χ2v) is 5.77. The van der Waals surface area contributed by atoms with Gasteiger partial charge in [0.15, 0.2) is 5.75 Å². The number of rotatable bonds is 5. The van der Waals surface area contributed by atoms with Gasteiger partial charge in [-0.15, -0.1) is 0 Å². The van der Waals surface area contributed by atoms with Crippen LogP contribution in [0.2, 0.25) is 15.1 Å². The monoisotopic (exact) mass is 345 g/mol. The van der Waals surface area contributed by atoms with E-state index in [1.54, 1.807) is 12.4 Å². The molecule has 0 aliphatic carbocycles. The van der Waals surface area contributed by atoms with Crippen LogP contribution in [0.15, 0.2) is 24.5 Å². The Hall–Kier alpha value is -1.07. The van der Waals surface area contributed by atoms with Crippen LogP contribution < -0.4 is 10.5 Å². The van der Waals surface area contributed by atoms with Crippen molar-refractivity contribution in [2.75, 3.05) is 0 Å². The highest BCUT2D eigenvalue weighted by Crippen LogP contribution is 2.35. The molecule has 1 aromatic carbocycles. The van der Waals surface area contributed by atoms with Crippen LogP contribution in [-0.4, -0.2) is 16.0 Å². The van der Waals surface area contributed by atoms with Gasteiger partial charge in [-0.3, -0.25) is 0 Å².